The molecule has 1 rings (SSSR count). The van der Waals surface area contributed by atoms with Crippen molar-refractivity contribution in [1.82, 2.24) is 15.1 Å². The zero-order chi connectivity index (χ0) is 16.0. The first-order valence-electron chi connectivity index (χ1n) is 6.25. The maximum atomic E-state index is 11.9. The van der Waals surface area contributed by atoms with Crippen LogP contribution in [0.4, 0.5) is 0 Å². The molecule has 2 amide bonds. The van der Waals surface area contributed by atoms with Gasteiger partial charge in [0.25, 0.3) is 11.5 Å². The third-order valence-electron chi connectivity index (χ3n) is 2.54. The second kappa shape index (κ2) is 7.17. The monoisotopic (exact) mass is 296 g/mol. The molecule has 0 saturated carbocycles. The Morgan fingerprint density at radius 1 is 1.43 bits per heavy atom. The zero-order valence-electron chi connectivity index (χ0n) is 11.4. The molecule has 0 fully saturated rings. The van der Waals surface area contributed by atoms with Gasteiger partial charge in [-0.25, -0.2) is 9.48 Å². The average Bonchev–Trinajstić information content (AvgIpc) is 2.40. The smallest absolute Gasteiger partial charge is 0.326 e. The van der Waals surface area contributed by atoms with Crippen molar-refractivity contribution >= 4 is 17.8 Å². The number of carbonyl (C=O) groups is 3. The molecule has 0 aliphatic carbocycles. The highest BCUT2D eigenvalue weighted by Crippen LogP contribution is 1.97. The highest BCUT2D eigenvalue weighted by molar-refractivity contribution is 5.96. The van der Waals surface area contributed by atoms with Crippen molar-refractivity contribution in [3.63, 3.8) is 0 Å². The Kier molecular flexibility index (Phi) is 5.58. The van der Waals surface area contributed by atoms with Gasteiger partial charge in [-0.05, 0) is 12.5 Å². The number of aliphatic carboxylic acids is 1. The summed E-state index contributed by atoms with van der Waals surface area (Å²) in [6.07, 6.45) is 0.118. The normalized spacial score (nSPS) is 11.7. The number of nitrogens with two attached hydrogens (primary N) is 1. The van der Waals surface area contributed by atoms with Gasteiger partial charge in [-0.2, -0.15) is 5.10 Å². The Labute approximate surface area is 119 Å². The summed E-state index contributed by atoms with van der Waals surface area (Å²) in [7, 11) is 0. The summed E-state index contributed by atoms with van der Waals surface area (Å²) in [4.78, 5) is 45.1. The lowest BCUT2D eigenvalue weighted by Crippen LogP contribution is -2.44. The summed E-state index contributed by atoms with van der Waals surface area (Å²) < 4.78 is 1.11. The number of aryl methyl sites for hydroxylation is 1. The van der Waals surface area contributed by atoms with Gasteiger partial charge in [-0.1, -0.05) is 6.92 Å². The first kappa shape index (κ1) is 16.3. The minimum Gasteiger partial charge on any atom is -0.480 e. The summed E-state index contributed by atoms with van der Waals surface area (Å²) in [6, 6.07) is 0.914. The molecule has 9 heteroatoms. The lowest BCUT2D eigenvalue weighted by molar-refractivity contribution is -0.140. The maximum absolute atomic E-state index is 11.9. The van der Waals surface area contributed by atoms with E-state index in [1.54, 1.807) is 0 Å². The molecule has 114 valence electrons. The van der Waals surface area contributed by atoms with E-state index in [0.717, 1.165) is 4.68 Å². The van der Waals surface area contributed by atoms with Crippen molar-refractivity contribution in [3.05, 3.63) is 28.2 Å². The summed E-state index contributed by atoms with van der Waals surface area (Å²) >= 11 is 0. The van der Waals surface area contributed by atoms with Crippen molar-refractivity contribution in [2.24, 2.45) is 5.73 Å². The van der Waals surface area contributed by atoms with Gasteiger partial charge in [0.2, 0.25) is 5.91 Å². The lowest BCUT2D eigenvalue weighted by Gasteiger charge is -2.12. The van der Waals surface area contributed by atoms with E-state index in [2.05, 4.69) is 10.4 Å². The van der Waals surface area contributed by atoms with E-state index in [0.29, 0.717) is 13.0 Å². The Morgan fingerprint density at radius 3 is 2.62 bits per heavy atom. The fraction of sp³-hybridized carbons (Fsp3) is 0.417. The molecule has 0 aliphatic rings. The van der Waals surface area contributed by atoms with E-state index in [4.69, 9.17) is 10.8 Å². The largest absolute Gasteiger partial charge is 0.480 e. The van der Waals surface area contributed by atoms with Crippen LogP contribution >= 0.6 is 0 Å². The van der Waals surface area contributed by atoms with Crippen molar-refractivity contribution in [3.8, 4) is 0 Å². The standard InChI is InChI=1S/C12H16N4O5/c1-2-5-16-10(18)4-3-7(15-16)11(19)14-8(12(20)21)6-9(13)17/h3-4,8H,2,5-6H2,1H3,(H2,13,17)(H,14,19)(H,20,21)/t8-/m0/s1. The molecule has 0 bridgehead atoms. The summed E-state index contributed by atoms with van der Waals surface area (Å²) in [5, 5.41) is 14.9. The maximum Gasteiger partial charge on any atom is 0.326 e. The van der Waals surface area contributed by atoms with Crippen LogP contribution in [0.15, 0.2) is 16.9 Å². The van der Waals surface area contributed by atoms with Crippen LogP contribution in [-0.2, 0) is 16.1 Å². The Bertz CT molecular complexity index is 610. The number of primary amides is 1. The van der Waals surface area contributed by atoms with Crippen LogP contribution in [-0.4, -0.2) is 38.7 Å². The minimum absolute atomic E-state index is 0.112. The number of carbonyl (C=O) groups excluding carboxylic acids is 2. The van der Waals surface area contributed by atoms with Gasteiger partial charge in [0.05, 0.1) is 6.42 Å². The molecule has 9 nitrogen and oxygen atoms in total. The first-order chi connectivity index (χ1) is 9.85. The number of hydrogen-bond donors (Lipinski definition) is 3. The Morgan fingerprint density at radius 2 is 2.10 bits per heavy atom. The first-order valence-corrected chi connectivity index (χ1v) is 6.25. The van der Waals surface area contributed by atoms with Crippen LogP contribution in [0.2, 0.25) is 0 Å². The van der Waals surface area contributed by atoms with Crippen molar-refractivity contribution in [1.29, 1.82) is 0 Å². The number of rotatable bonds is 7. The quantitative estimate of drug-likeness (QED) is 0.571. The Hall–Kier alpha value is -2.71. The van der Waals surface area contributed by atoms with Gasteiger partial charge in [-0.3, -0.25) is 14.4 Å². The summed E-state index contributed by atoms with van der Waals surface area (Å²) in [5.74, 6) is -3.04. The number of nitrogens with one attached hydrogen (secondary N) is 1. The van der Waals surface area contributed by atoms with Crippen LogP contribution in [0.1, 0.15) is 30.3 Å². The molecule has 0 aromatic carbocycles. The molecule has 0 saturated heterocycles. The van der Waals surface area contributed by atoms with E-state index in [1.165, 1.54) is 12.1 Å². The average molecular weight is 296 g/mol. The van der Waals surface area contributed by atoms with E-state index in [1.807, 2.05) is 6.92 Å². The van der Waals surface area contributed by atoms with Gasteiger partial charge >= 0.3 is 5.97 Å². The third-order valence-corrected chi connectivity index (χ3v) is 2.54. The van der Waals surface area contributed by atoms with Crippen molar-refractivity contribution < 1.29 is 19.5 Å². The van der Waals surface area contributed by atoms with Gasteiger partial charge in [0, 0.05) is 12.6 Å². The highest BCUT2D eigenvalue weighted by atomic mass is 16.4. The highest BCUT2D eigenvalue weighted by Gasteiger charge is 2.23. The van der Waals surface area contributed by atoms with Gasteiger partial charge in [-0.15, -0.1) is 0 Å². The fourth-order valence-corrected chi connectivity index (χ4v) is 1.58. The van der Waals surface area contributed by atoms with Crippen LogP contribution in [0, 0.1) is 0 Å². The van der Waals surface area contributed by atoms with E-state index < -0.39 is 30.2 Å². The van der Waals surface area contributed by atoms with Gasteiger partial charge in [0.1, 0.15) is 11.7 Å². The molecule has 1 aromatic rings. The van der Waals surface area contributed by atoms with Crippen molar-refractivity contribution in [2.45, 2.75) is 32.4 Å². The number of carboxylic acid groups (broad SMARTS) is 1. The van der Waals surface area contributed by atoms with Crippen LogP contribution in [0.25, 0.3) is 0 Å². The molecule has 0 unspecified atom stereocenters. The molecule has 4 N–H and O–H groups in total. The number of amides is 2. The van der Waals surface area contributed by atoms with Gasteiger partial charge < -0.3 is 16.2 Å². The molecular weight excluding hydrogens is 280 g/mol. The lowest BCUT2D eigenvalue weighted by atomic mass is 10.2. The number of carboxylic acids is 1. The fourth-order valence-electron chi connectivity index (χ4n) is 1.58. The van der Waals surface area contributed by atoms with Crippen LogP contribution in [0.5, 0.6) is 0 Å². The minimum atomic E-state index is -1.44. The van der Waals surface area contributed by atoms with Crippen LogP contribution in [0.3, 0.4) is 0 Å². The zero-order valence-corrected chi connectivity index (χ0v) is 11.4. The number of nitrogens with zero attached hydrogens (tertiary/aromatic N) is 2. The SMILES string of the molecule is CCCn1nc(C(=O)N[C@@H](CC(N)=O)C(=O)O)ccc1=O. The second-order valence-corrected chi connectivity index (χ2v) is 4.31. The molecular formula is C12H16N4O5. The van der Waals surface area contributed by atoms with Crippen molar-refractivity contribution in [2.75, 3.05) is 0 Å². The summed E-state index contributed by atoms with van der Waals surface area (Å²) in [6.45, 7) is 2.18. The molecule has 1 aromatic heterocycles. The molecule has 1 heterocycles. The number of hydrogen-bond acceptors (Lipinski definition) is 5. The molecule has 0 aliphatic heterocycles. The summed E-state index contributed by atoms with van der Waals surface area (Å²) in [5.41, 5.74) is 4.44. The van der Waals surface area contributed by atoms with Crippen LogP contribution < -0.4 is 16.6 Å². The Balaban J connectivity index is 2.92. The topological polar surface area (TPSA) is 144 Å². The molecule has 0 spiro atoms. The predicted molar refractivity (Wildman–Crippen MR) is 71.5 cm³/mol. The van der Waals surface area contributed by atoms with E-state index in [9.17, 15) is 19.2 Å². The van der Waals surface area contributed by atoms with E-state index in [-0.39, 0.29) is 11.3 Å². The third kappa shape index (κ3) is 4.71. The van der Waals surface area contributed by atoms with Gasteiger partial charge in [0.15, 0.2) is 0 Å². The number of aromatic nitrogens is 2. The predicted octanol–water partition coefficient (Wildman–Crippen LogP) is -1.29. The van der Waals surface area contributed by atoms with E-state index >= 15 is 0 Å². The molecule has 1 atom stereocenters. The second-order valence-electron chi connectivity index (χ2n) is 4.31. The molecule has 0 radical (unpaired) electrons. The molecule has 21 heavy (non-hydrogen) atoms.